The second-order valence-electron chi connectivity index (χ2n) is 5.56. The van der Waals surface area contributed by atoms with Gasteiger partial charge in [-0.05, 0) is 25.8 Å². The highest BCUT2D eigenvalue weighted by atomic mass is 16.5. The van der Waals surface area contributed by atoms with Gasteiger partial charge in [0.1, 0.15) is 0 Å². The Hall–Kier alpha value is -0.650. The number of aliphatic hydroxyl groups is 1. The molecule has 18 heavy (non-hydrogen) atoms. The highest BCUT2D eigenvalue weighted by Crippen LogP contribution is 2.26. The van der Waals surface area contributed by atoms with Crippen LogP contribution in [0.3, 0.4) is 0 Å². The zero-order valence-electron chi connectivity index (χ0n) is 11.3. The van der Waals surface area contributed by atoms with Crippen molar-refractivity contribution in [3.05, 3.63) is 0 Å². The van der Waals surface area contributed by atoms with E-state index in [4.69, 9.17) is 4.74 Å². The Morgan fingerprint density at radius 3 is 3.00 bits per heavy atom. The largest absolute Gasteiger partial charge is 0.387 e. The fourth-order valence-electron chi connectivity index (χ4n) is 3.00. The fourth-order valence-corrected chi connectivity index (χ4v) is 3.00. The topological polar surface area (TPSA) is 61.8 Å². The second kappa shape index (κ2) is 5.55. The Morgan fingerprint density at radius 1 is 1.61 bits per heavy atom. The highest BCUT2D eigenvalue weighted by Gasteiger charge is 2.38. The summed E-state index contributed by atoms with van der Waals surface area (Å²) in [5.74, 6) is 0.0811. The molecule has 0 radical (unpaired) electrons. The molecule has 2 aliphatic rings. The van der Waals surface area contributed by atoms with Crippen molar-refractivity contribution in [2.24, 2.45) is 5.92 Å². The van der Waals surface area contributed by atoms with Crippen LogP contribution in [0.15, 0.2) is 0 Å². The zero-order valence-corrected chi connectivity index (χ0v) is 11.3. The van der Waals surface area contributed by atoms with E-state index in [1.165, 1.54) is 0 Å². The average Bonchev–Trinajstić information content (AvgIpc) is 2.96. The molecule has 2 aliphatic heterocycles. The molecule has 2 saturated heterocycles. The third kappa shape index (κ3) is 2.84. The van der Waals surface area contributed by atoms with Crippen LogP contribution in [-0.4, -0.2) is 60.9 Å². The smallest absolute Gasteiger partial charge is 0.228 e. The molecular formula is C13H24N2O3. The first kappa shape index (κ1) is 13.8. The number of carbonyl (C=O) groups excluding carboxylic acids is 1. The molecule has 0 spiro atoms. The molecule has 0 aromatic carbocycles. The van der Waals surface area contributed by atoms with Gasteiger partial charge < -0.3 is 20.1 Å². The van der Waals surface area contributed by atoms with Crippen molar-refractivity contribution < 1.29 is 14.6 Å². The standard InChI is InChI=1S/C13H24N2O3/c1-3-11-10(4-7-18-11)12(16)15(2)9-13(17)5-6-14-8-13/h10-11,14,17H,3-9H2,1-2H3. The minimum atomic E-state index is -0.758. The Labute approximate surface area is 108 Å². The van der Waals surface area contributed by atoms with Crippen molar-refractivity contribution in [2.75, 3.05) is 33.3 Å². The molecular weight excluding hydrogens is 232 g/mol. The minimum Gasteiger partial charge on any atom is -0.387 e. The van der Waals surface area contributed by atoms with Crippen molar-refractivity contribution in [3.8, 4) is 0 Å². The van der Waals surface area contributed by atoms with E-state index in [0.29, 0.717) is 26.1 Å². The van der Waals surface area contributed by atoms with Crippen molar-refractivity contribution in [2.45, 2.75) is 37.9 Å². The summed E-state index contributed by atoms with van der Waals surface area (Å²) in [6, 6.07) is 0. The number of amides is 1. The molecule has 0 bridgehead atoms. The van der Waals surface area contributed by atoms with Crippen LogP contribution in [0.5, 0.6) is 0 Å². The summed E-state index contributed by atoms with van der Waals surface area (Å²) in [7, 11) is 1.78. The van der Waals surface area contributed by atoms with Crippen LogP contribution in [0.1, 0.15) is 26.2 Å². The van der Waals surface area contributed by atoms with Gasteiger partial charge in [-0.2, -0.15) is 0 Å². The molecule has 0 aliphatic carbocycles. The predicted molar refractivity (Wildman–Crippen MR) is 68.2 cm³/mol. The molecule has 3 atom stereocenters. The molecule has 0 saturated carbocycles. The van der Waals surface area contributed by atoms with E-state index < -0.39 is 5.60 Å². The molecule has 2 heterocycles. The third-order valence-electron chi connectivity index (χ3n) is 4.06. The van der Waals surface area contributed by atoms with Gasteiger partial charge in [0.25, 0.3) is 0 Å². The van der Waals surface area contributed by atoms with E-state index in [9.17, 15) is 9.90 Å². The Balaban J connectivity index is 1.92. The van der Waals surface area contributed by atoms with E-state index >= 15 is 0 Å². The number of nitrogens with one attached hydrogen (secondary N) is 1. The van der Waals surface area contributed by atoms with Crippen LogP contribution in [0.2, 0.25) is 0 Å². The first-order chi connectivity index (χ1) is 8.56. The number of likely N-dealkylation sites (N-methyl/N-ethyl adjacent to an activating group) is 1. The maximum Gasteiger partial charge on any atom is 0.228 e. The molecule has 5 nitrogen and oxygen atoms in total. The van der Waals surface area contributed by atoms with Gasteiger partial charge in [-0.3, -0.25) is 4.79 Å². The number of rotatable bonds is 4. The summed E-state index contributed by atoms with van der Waals surface area (Å²) in [4.78, 5) is 14.0. The lowest BCUT2D eigenvalue weighted by Gasteiger charge is -2.30. The third-order valence-corrected chi connectivity index (χ3v) is 4.06. The highest BCUT2D eigenvalue weighted by molar-refractivity contribution is 5.79. The maximum atomic E-state index is 12.4. The van der Waals surface area contributed by atoms with Gasteiger partial charge in [-0.25, -0.2) is 0 Å². The quantitative estimate of drug-likeness (QED) is 0.742. The second-order valence-corrected chi connectivity index (χ2v) is 5.56. The van der Waals surface area contributed by atoms with Crippen molar-refractivity contribution in [1.82, 2.24) is 10.2 Å². The first-order valence-corrected chi connectivity index (χ1v) is 6.85. The number of ether oxygens (including phenoxy) is 1. The predicted octanol–water partition coefficient (Wildman–Crippen LogP) is -0.0157. The summed E-state index contributed by atoms with van der Waals surface area (Å²) < 4.78 is 5.56. The van der Waals surface area contributed by atoms with Crippen LogP contribution in [0.25, 0.3) is 0 Å². The molecule has 1 amide bonds. The van der Waals surface area contributed by atoms with Gasteiger partial charge in [-0.1, -0.05) is 6.92 Å². The van der Waals surface area contributed by atoms with Crippen LogP contribution in [0, 0.1) is 5.92 Å². The number of β-amino-alcohol motifs (C(OH)–C–C–N with tert-alkyl or cyclic N) is 1. The SMILES string of the molecule is CCC1OCCC1C(=O)N(C)CC1(O)CCNC1. The Kier molecular flexibility index (Phi) is 4.25. The number of hydrogen-bond donors (Lipinski definition) is 2. The van der Waals surface area contributed by atoms with Gasteiger partial charge in [0.05, 0.1) is 24.2 Å². The van der Waals surface area contributed by atoms with Crippen LogP contribution in [-0.2, 0) is 9.53 Å². The normalized spacial score (nSPS) is 35.9. The van der Waals surface area contributed by atoms with Crippen molar-refractivity contribution in [1.29, 1.82) is 0 Å². The van der Waals surface area contributed by atoms with Crippen LogP contribution < -0.4 is 5.32 Å². The van der Waals surface area contributed by atoms with E-state index in [2.05, 4.69) is 5.32 Å². The molecule has 2 N–H and O–H groups in total. The first-order valence-electron chi connectivity index (χ1n) is 6.85. The van der Waals surface area contributed by atoms with Gasteiger partial charge in [0, 0.05) is 20.2 Å². The average molecular weight is 256 g/mol. The van der Waals surface area contributed by atoms with Gasteiger partial charge in [-0.15, -0.1) is 0 Å². The van der Waals surface area contributed by atoms with E-state index in [0.717, 1.165) is 19.4 Å². The lowest BCUT2D eigenvalue weighted by Crippen LogP contribution is -2.47. The van der Waals surface area contributed by atoms with Crippen LogP contribution >= 0.6 is 0 Å². The lowest BCUT2D eigenvalue weighted by molar-refractivity contribution is -0.139. The summed E-state index contributed by atoms with van der Waals surface area (Å²) in [5.41, 5.74) is -0.758. The van der Waals surface area contributed by atoms with E-state index in [-0.39, 0.29) is 17.9 Å². The number of carbonyl (C=O) groups is 1. The van der Waals surface area contributed by atoms with Crippen molar-refractivity contribution >= 4 is 5.91 Å². The molecule has 3 unspecified atom stereocenters. The number of hydrogen-bond acceptors (Lipinski definition) is 4. The van der Waals surface area contributed by atoms with Crippen molar-refractivity contribution in [3.63, 3.8) is 0 Å². The minimum absolute atomic E-state index is 0.0297. The molecule has 5 heteroatoms. The summed E-state index contributed by atoms with van der Waals surface area (Å²) in [5, 5.41) is 13.4. The molecule has 2 fully saturated rings. The number of nitrogens with zero attached hydrogens (tertiary/aromatic N) is 1. The lowest BCUT2D eigenvalue weighted by atomic mass is 9.96. The Morgan fingerprint density at radius 2 is 2.39 bits per heavy atom. The molecule has 104 valence electrons. The Bertz CT molecular complexity index is 303. The maximum absolute atomic E-state index is 12.4. The zero-order chi connectivity index (χ0) is 13.2. The molecule has 2 rings (SSSR count). The monoisotopic (exact) mass is 256 g/mol. The van der Waals surface area contributed by atoms with Gasteiger partial charge in [0.2, 0.25) is 5.91 Å². The van der Waals surface area contributed by atoms with Gasteiger partial charge >= 0.3 is 0 Å². The summed E-state index contributed by atoms with van der Waals surface area (Å²) in [6.45, 7) is 4.52. The van der Waals surface area contributed by atoms with Crippen LogP contribution in [0.4, 0.5) is 0 Å². The fraction of sp³-hybridized carbons (Fsp3) is 0.923. The van der Waals surface area contributed by atoms with Gasteiger partial charge in [0.15, 0.2) is 0 Å². The summed E-state index contributed by atoms with van der Waals surface area (Å²) >= 11 is 0. The summed E-state index contributed by atoms with van der Waals surface area (Å²) in [6.07, 6.45) is 2.44. The molecule has 0 aromatic rings. The molecule has 0 aromatic heterocycles. The van der Waals surface area contributed by atoms with E-state index in [1.54, 1.807) is 11.9 Å². The van der Waals surface area contributed by atoms with E-state index in [1.807, 2.05) is 6.92 Å².